The third-order valence-electron chi connectivity index (χ3n) is 5.19. The molecule has 0 N–H and O–H groups in total. The van der Waals surface area contributed by atoms with Gasteiger partial charge in [0.1, 0.15) is 0 Å². The number of sulfonamides is 1. The molecule has 1 aliphatic carbocycles. The maximum absolute atomic E-state index is 12.9. The highest BCUT2D eigenvalue weighted by atomic mass is 79.9. The summed E-state index contributed by atoms with van der Waals surface area (Å²) in [6.07, 6.45) is 6.94. The SMILES string of the molecule is Br.CN([C@@H]1CCCC[C@@H]1N1CCCC1)S(=O)(=O)c1ccccc1. The van der Waals surface area contributed by atoms with Crippen molar-refractivity contribution in [2.45, 2.75) is 55.5 Å². The Morgan fingerprint density at radius 3 is 2.26 bits per heavy atom. The molecule has 1 heterocycles. The predicted molar refractivity (Wildman–Crippen MR) is 98.6 cm³/mol. The Balaban J connectivity index is 0.00000192. The maximum atomic E-state index is 12.9. The van der Waals surface area contributed by atoms with E-state index in [-0.39, 0.29) is 23.0 Å². The van der Waals surface area contributed by atoms with Crippen LogP contribution in [0.5, 0.6) is 0 Å². The van der Waals surface area contributed by atoms with Crippen LogP contribution in [0.15, 0.2) is 35.2 Å². The van der Waals surface area contributed by atoms with Crippen molar-refractivity contribution >= 4 is 27.0 Å². The van der Waals surface area contributed by atoms with Crippen molar-refractivity contribution in [2.24, 2.45) is 0 Å². The van der Waals surface area contributed by atoms with E-state index in [0.29, 0.717) is 10.9 Å². The highest BCUT2D eigenvalue weighted by Gasteiger charge is 2.38. The molecule has 1 aromatic rings. The second-order valence-electron chi connectivity index (χ2n) is 6.50. The van der Waals surface area contributed by atoms with Crippen LogP contribution in [-0.4, -0.2) is 49.8 Å². The van der Waals surface area contributed by atoms with Crippen molar-refractivity contribution in [3.05, 3.63) is 30.3 Å². The normalized spacial score (nSPS) is 26.2. The second kappa shape index (κ2) is 8.10. The molecule has 23 heavy (non-hydrogen) atoms. The van der Waals surface area contributed by atoms with Gasteiger partial charge in [-0.3, -0.25) is 4.90 Å². The highest BCUT2D eigenvalue weighted by Crippen LogP contribution is 2.31. The number of hydrogen-bond donors (Lipinski definition) is 0. The van der Waals surface area contributed by atoms with Gasteiger partial charge < -0.3 is 0 Å². The minimum atomic E-state index is -3.39. The fraction of sp³-hybridized carbons (Fsp3) is 0.647. The summed E-state index contributed by atoms with van der Waals surface area (Å²) in [5.41, 5.74) is 0. The number of likely N-dealkylation sites (N-methyl/N-ethyl adjacent to an activating group) is 1. The van der Waals surface area contributed by atoms with Crippen LogP contribution in [0.1, 0.15) is 38.5 Å². The molecule has 0 spiro atoms. The zero-order valence-corrected chi connectivity index (χ0v) is 16.3. The Labute approximate surface area is 150 Å². The summed E-state index contributed by atoms with van der Waals surface area (Å²) in [7, 11) is -1.63. The molecule has 130 valence electrons. The molecule has 2 aliphatic rings. The van der Waals surface area contributed by atoms with Crippen molar-refractivity contribution in [3.8, 4) is 0 Å². The lowest BCUT2D eigenvalue weighted by atomic mass is 9.89. The number of hydrogen-bond acceptors (Lipinski definition) is 3. The smallest absolute Gasteiger partial charge is 0.243 e. The van der Waals surface area contributed by atoms with Crippen LogP contribution in [-0.2, 0) is 10.0 Å². The molecule has 0 bridgehead atoms. The highest BCUT2D eigenvalue weighted by molar-refractivity contribution is 8.93. The summed E-state index contributed by atoms with van der Waals surface area (Å²) in [4.78, 5) is 2.92. The van der Waals surface area contributed by atoms with Crippen LogP contribution in [0.4, 0.5) is 0 Å². The van der Waals surface area contributed by atoms with E-state index in [1.807, 2.05) is 6.07 Å². The first-order chi connectivity index (χ1) is 10.6. The summed E-state index contributed by atoms with van der Waals surface area (Å²) >= 11 is 0. The summed E-state index contributed by atoms with van der Waals surface area (Å²) in [5.74, 6) is 0. The third-order valence-corrected chi connectivity index (χ3v) is 7.09. The molecule has 2 atom stereocenters. The Morgan fingerprint density at radius 2 is 1.61 bits per heavy atom. The number of rotatable bonds is 4. The molecule has 0 aromatic heterocycles. The Kier molecular flexibility index (Phi) is 6.66. The van der Waals surface area contributed by atoms with Gasteiger partial charge in [0.2, 0.25) is 10.0 Å². The molecule has 4 nitrogen and oxygen atoms in total. The molecule has 6 heteroatoms. The van der Waals surface area contributed by atoms with Crippen molar-refractivity contribution in [2.75, 3.05) is 20.1 Å². The van der Waals surface area contributed by atoms with Crippen LogP contribution in [0.25, 0.3) is 0 Å². The molecular formula is C17H27BrN2O2S. The van der Waals surface area contributed by atoms with Gasteiger partial charge in [0, 0.05) is 19.1 Å². The Bertz CT molecular complexity index is 588. The van der Waals surface area contributed by atoms with Gasteiger partial charge in [0.25, 0.3) is 0 Å². The van der Waals surface area contributed by atoms with E-state index in [0.717, 1.165) is 32.4 Å². The molecule has 3 rings (SSSR count). The lowest BCUT2D eigenvalue weighted by Gasteiger charge is -2.41. The minimum absolute atomic E-state index is 0. The Hall–Kier alpha value is -0.430. The van der Waals surface area contributed by atoms with E-state index < -0.39 is 10.0 Å². The largest absolute Gasteiger partial charge is 0.299 e. The monoisotopic (exact) mass is 402 g/mol. The van der Waals surface area contributed by atoms with Crippen molar-refractivity contribution in [1.82, 2.24) is 9.21 Å². The zero-order chi connectivity index (χ0) is 15.6. The standard InChI is InChI=1S/C17H26N2O2S.BrH/c1-18(22(20,21)15-9-3-2-4-10-15)16-11-5-6-12-17(16)19-13-7-8-14-19;/h2-4,9-10,16-17H,5-8,11-14H2,1H3;1H/t16-,17+;/m1./s1. The minimum Gasteiger partial charge on any atom is -0.299 e. The molecule has 1 saturated heterocycles. The quantitative estimate of drug-likeness (QED) is 0.775. The second-order valence-corrected chi connectivity index (χ2v) is 8.49. The third kappa shape index (κ3) is 3.98. The molecule has 0 radical (unpaired) electrons. The van der Waals surface area contributed by atoms with Crippen molar-refractivity contribution in [1.29, 1.82) is 0 Å². The Morgan fingerprint density at radius 1 is 1.00 bits per heavy atom. The maximum Gasteiger partial charge on any atom is 0.243 e. The van der Waals surface area contributed by atoms with E-state index in [9.17, 15) is 8.42 Å². The van der Waals surface area contributed by atoms with Crippen LogP contribution < -0.4 is 0 Å². The topological polar surface area (TPSA) is 40.6 Å². The van der Waals surface area contributed by atoms with Crippen molar-refractivity contribution < 1.29 is 8.42 Å². The van der Waals surface area contributed by atoms with Gasteiger partial charge in [0.05, 0.1) is 4.90 Å². The van der Waals surface area contributed by atoms with Crippen LogP contribution in [0.3, 0.4) is 0 Å². The molecule has 1 saturated carbocycles. The molecule has 0 unspecified atom stereocenters. The van der Waals surface area contributed by atoms with E-state index in [4.69, 9.17) is 0 Å². The van der Waals surface area contributed by atoms with Crippen molar-refractivity contribution in [3.63, 3.8) is 0 Å². The van der Waals surface area contributed by atoms with Crippen LogP contribution in [0.2, 0.25) is 0 Å². The van der Waals surface area contributed by atoms with Crippen LogP contribution in [0, 0.1) is 0 Å². The average molecular weight is 403 g/mol. The van der Waals surface area contributed by atoms with Gasteiger partial charge in [-0.05, 0) is 50.9 Å². The van der Waals surface area contributed by atoms with Gasteiger partial charge >= 0.3 is 0 Å². The predicted octanol–water partition coefficient (Wildman–Crippen LogP) is 3.29. The summed E-state index contributed by atoms with van der Waals surface area (Å²) in [6, 6.07) is 9.32. The van der Waals surface area contributed by atoms with E-state index >= 15 is 0 Å². The molecular weight excluding hydrogens is 376 g/mol. The number of halogens is 1. The lowest BCUT2D eigenvalue weighted by Crippen LogP contribution is -2.53. The number of likely N-dealkylation sites (tertiary alicyclic amines) is 1. The fourth-order valence-corrected chi connectivity index (χ4v) is 5.39. The van der Waals surface area contributed by atoms with E-state index in [1.54, 1.807) is 35.6 Å². The molecule has 1 aromatic carbocycles. The molecule has 1 aliphatic heterocycles. The van der Waals surface area contributed by atoms with Gasteiger partial charge in [-0.1, -0.05) is 31.0 Å². The van der Waals surface area contributed by atoms with Gasteiger partial charge in [-0.25, -0.2) is 8.42 Å². The van der Waals surface area contributed by atoms with E-state index in [1.165, 1.54) is 19.3 Å². The lowest BCUT2D eigenvalue weighted by molar-refractivity contribution is 0.116. The van der Waals surface area contributed by atoms with Gasteiger partial charge in [-0.2, -0.15) is 4.31 Å². The molecule has 0 amide bonds. The summed E-state index contributed by atoms with van der Waals surface area (Å²) < 4.78 is 27.4. The number of benzene rings is 1. The van der Waals surface area contributed by atoms with Gasteiger partial charge in [0.15, 0.2) is 0 Å². The average Bonchev–Trinajstić information content (AvgIpc) is 3.09. The molecule has 2 fully saturated rings. The van der Waals surface area contributed by atoms with E-state index in [2.05, 4.69) is 4.90 Å². The fourth-order valence-electron chi connectivity index (χ4n) is 3.95. The zero-order valence-electron chi connectivity index (χ0n) is 13.7. The first kappa shape index (κ1) is 18.9. The number of nitrogens with zero attached hydrogens (tertiary/aromatic N) is 2. The summed E-state index contributed by atoms with van der Waals surface area (Å²) in [6.45, 7) is 2.25. The summed E-state index contributed by atoms with van der Waals surface area (Å²) in [5, 5.41) is 0. The van der Waals surface area contributed by atoms with Gasteiger partial charge in [-0.15, -0.1) is 17.0 Å². The first-order valence-corrected chi connectivity index (χ1v) is 9.82. The first-order valence-electron chi connectivity index (χ1n) is 8.38. The van der Waals surface area contributed by atoms with Crippen LogP contribution >= 0.6 is 17.0 Å².